The maximum atomic E-state index is 12.4. The van der Waals surface area contributed by atoms with Crippen molar-refractivity contribution in [1.29, 1.82) is 0 Å². The fraction of sp³-hybridized carbons (Fsp3) is 0.487. The van der Waals surface area contributed by atoms with E-state index in [-0.39, 0.29) is 30.6 Å². The minimum Gasteiger partial charge on any atom is -0.392 e. The monoisotopic (exact) mass is 657 g/mol. The number of hydrogen-bond donors (Lipinski definition) is 3. The zero-order valence-electron chi connectivity index (χ0n) is 28.4. The van der Waals surface area contributed by atoms with E-state index in [0.29, 0.717) is 25.6 Å². The topological polar surface area (TPSA) is 109 Å². The van der Waals surface area contributed by atoms with Gasteiger partial charge >= 0.3 is 0 Å². The Labute approximate surface area is 285 Å². The van der Waals surface area contributed by atoms with E-state index in [1.165, 1.54) is 13.3 Å². The summed E-state index contributed by atoms with van der Waals surface area (Å²) in [7, 11) is 1.77. The molecule has 3 aromatic rings. The quantitative estimate of drug-likeness (QED) is 0.167. The Bertz CT molecular complexity index is 1450. The number of amides is 2. The van der Waals surface area contributed by atoms with Crippen LogP contribution in [0.15, 0.2) is 72.8 Å². The van der Waals surface area contributed by atoms with Gasteiger partial charge in [0, 0.05) is 58.1 Å². The Morgan fingerprint density at radius 1 is 0.917 bits per heavy atom. The van der Waals surface area contributed by atoms with Crippen molar-refractivity contribution in [3.63, 3.8) is 0 Å². The van der Waals surface area contributed by atoms with Crippen molar-refractivity contribution in [3.8, 4) is 11.1 Å². The lowest BCUT2D eigenvalue weighted by Crippen LogP contribution is -2.42. The molecular weight excluding hydrogens is 606 g/mol. The fourth-order valence-electron chi connectivity index (χ4n) is 6.65. The molecule has 0 aliphatic carbocycles. The Hall–Kier alpha value is -3.60. The van der Waals surface area contributed by atoms with Crippen molar-refractivity contribution in [1.82, 2.24) is 15.5 Å². The molecule has 9 heteroatoms. The number of nitrogens with one attached hydrogen (secondary N) is 2. The van der Waals surface area contributed by atoms with Gasteiger partial charge in [-0.3, -0.25) is 14.5 Å². The second kappa shape index (κ2) is 18.2. The normalized spacial score (nSPS) is 21.2. The van der Waals surface area contributed by atoms with Crippen LogP contribution in [0.2, 0.25) is 0 Å². The smallest absolute Gasteiger partial charge is 0.220 e. The third-order valence-electron chi connectivity index (χ3n) is 9.30. The Morgan fingerprint density at radius 2 is 1.71 bits per heavy atom. The predicted octanol–water partition coefficient (Wildman–Crippen LogP) is 5.81. The lowest BCUT2D eigenvalue weighted by atomic mass is 9.98. The number of rotatable bonds is 16. The third kappa shape index (κ3) is 10.4. The number of carbonyl (C=O) groups is 2. The molecule has 2 aliphatic heterocycles. The highest BCUT2D eigenvalue weighted by Crippen LogP contribution is 2.39. The molecule has 0 aromatic heterocycles. The molecule has 4 atom stereocenters. The molecule has 0 unspecified atom stereocenters. The van der Waals surface area contributed by atoms with Gasteiger partial charge in [0.1, 0.15) is 0 Å². The highest BCUT2D eigenvalue weighted by atomic mass is 16.7. The number of unbranched alkanes of at least 4 members (excludes halogenated alkanes) is 2. The predicted molar refractivity (Wildman–Crippen MR) is 186 cm³/mol. The van der Waals surface area contributed by atoms with Crippen molar-refractivity contribution in [2.75, 3.05) is 33.4 Å². The van der Waals surface area contributed by atoms with E-state index in [1.807, 2.05) is 36.4 Å². The molecule has 0 bridgehead atoms. The molecule has 0 radical (unpaired) electrons. The molecule has 0 saturated carbocycles. The van der Waals surface area contributed by atoms with Crippen LogP contribution in [-0.2, 0) is 37.0 Å². The first-order valence-corrected chi connectivity index (χ1v) is 17.4. The van der Waals surface area contributed by atoms with E-state index in [0.717, 1.165) is 85.2 Å². The zero-order chi connectivity index (χ0) is 33.7. The molecule has 2 fully saturated rings. The molecule has 258 valence electrons. The minimum atomic E-state index is -0.504. The number of carbonyl (C=O) groups excluding carboxylic acids is 2. The number of aliphatic hydroxyl groups excluding tert-OH is 1. The summed E-state index contributed by atoms with van der Waals surface area (Å²) in [6, 6.07) is 25.0. The summed E-state index contributed by atoms with van der Waals surface area (Å²) in [4.78, 5) is 25.8. The maximum absolute atomic E-state index is 12.4. The zero-order valence-corrected chi connectivity index (χ0v) is 28.4. The van der Waals surface area contributed by atoms with Crippen LogP contribution < -0.4 is 10.6 Å². The van der Waals surface area contributed by atoms with Crippen LogP contribution in [-0.4, -0.2) is 67.3 Å². The third-order valence-corrected chi connectivity index (χ3v) is 9.30. The first kappa shape index (κ1) is 35.7. The number of benzene rings is 3. The molecule has 9 nitrogen and oxygen atoms in total. The molecule has 2 saturated heterocycles. The summed E-state index contributed by atoms with van der Waals surface area (Å²) in [5.74, 6) is 0.0178. The number of likely N-dealkylation sites (tertiary alicyclic amines) is 1. The molecular formula is C39H51N3O6. The highest BCUT2D eigenvalue weighted by molar-refractivity contribution is 5.76. The second-order valence-corrected chi connectivity index (χ2v) is 13.0. The van der Waals surface area contributed by atoms with Crippen molar-refractivity contribution in [2.45, 2.75) is 89.6 Å². The molecule has 5 rings (SSSR count). The van der Waals surface area contributed by atoms with E-state index >= 15 is 0 Å². The average molecular weight is 658 g/mol. The van der Waals surface area contributed by atoms with Gasteiger partial charge in [-0.2, -0.15) is 0 Å². The molecule has 0 spiro atoms. The number of ether oxygens (including phenoxy) is 3. The van der Waals surface area contributed by atoms with Crippen LogP contribution in [0.4, 0.5) is 0 Å². The van der Waals surface area contributed by atoms with E-state index < -0.39 is 6.29 Å². The number of hydrogen-bond acceptors (Lipinski definition) is 7. The van der Waals surface area contributed by atoms with E-state index in [4.69, 9.17) is 14.2 Å². The molecule has 2 amide bonds. The standard InChI is InChI=1S/C39H51N3O6/c1-28(44)40-20-5-3-4-11-38(45)41-24-30-8-6-9-34(22-30)31-16-18-33(19-17-31)39-47-36(25-42-21-7-10-35(42)27-46-2)23-37(48-39)32-14-12-29(26-43)13-15-32/h6,8-9,12-19,22,35-37,39,43H,3-5,7,10-11,20-21,23-27H2,1-2H3,(H,40,44)(H,41,45)/t35-,36-,37+,39+/m0/s1. The summed E-state index contributed by atoms with van der Waals surface area (Å²) < 4.78 is 18.7. The molecule has 3 aromatic carbocycles. The van der Waals surface area contributed by atoms with Crippen LogP contribution in [0, 0.1) is 0 Å². The largest absolute Gasteiger partial charge is 0.392 e. The van der Waals surface area contributed by atoms with Crippen LogP contribution in [0.3, 0.4) is 0 Å². The molecule has 3 N–H and O–H groups in total. The first-order chi connectivity index (χ1) is 23.4. The van der Waals surface area contributed by atoms with Crippen LogP contribution in [0.1, 0.15) is 86.5 Å². The van der Waals surface area contributed by atoms with Gasteiger partial charge in [-0.15, -0.1) is 0 Å². The van der Waals surface area contributed by atoms with Crippen LogP contribution >= 0.6 is 0 Å². The van der Waals surface area contributed by atoms with Gasteiger partial charge in [-0.1, -0.05) is 73.2 Å². The van der Waals surface area contributed by atoms with E-state index in [2.05, 4.69) is 51.9 Å². The van der Waals surface area contributed by atoms with Gasteiger partial charge < -0.3 is 30.0 Å². The van der Waals surface area contributed by atoms with Gasteiger partial charge in [0.05, 0.1) is 25.4 Å². The van der Waals surface area contributed by atoms with Crippen molar-refractivity contribution in [2.24, 2.45) is 0 Å². The Kier molecular flexibility index (Phi) is 13.6. The van der Waals surface area contributed by atoms with Gasteiger partial charge in [0.15, 0.2) is 6.29 Å². The summed E-state index contributed by atoms with van der Waals surface area (Å²) in [5, 5.41) is 15.4. The SMILES string of the molecule is COC[C@@H]1CCCN1C[C@@H]1C[C@H](c2ccc(CO)cc2)O[C@H](c2ccc(-c3cccc(CNC(=O)CCCCCNC(C)=O)c3)cc2)O1. The van der Waals surface area contributed by atoms with Gasteiger partial charge in [-0.05, 0) is 66.1 Å². The average Bonchev–Trinajstić information content (AvgIpc) is 3.55. The van der Waals surface area contributed by atoms with Crippen molar-refractivity contribution >= 4 is 11.8 Å². The van der Waals surface area contributed by atoms with Gasteiger partial charge in [0.2, 0.25) is 11.8 Å². The van der Waals surface area contributed by atoms with Crippen LogP contribution in [0.25, 0.3) is 11.1 Å². The van der Waals surface area contributed by atoms with E-state index in [9.17, 15) is 14.7 Å². The first-order valence-electron chi connectivity index (χ1n) is 17.4. The minimum absolute atomic E-state index is 0.000897. The maximum Gasteiger partial charge on any atom is 0.220 e. The van der Waals surface area contributed by atoms with Gasteiger partial charge in [-0.25, -0.2) is 0 Å². The van der Waals surface area contributed by atoms with Crippen molar-refractivity contribution < 1.29 is 28.9 Å². The summed E-state index contributed by atoms with van der Waals surface area (Å²) in [6.07, 6.45) is 5.50. The molecule has 2 heterocycles. The lowest BCUT2D eigenvalue weighted by Gasteiger charge is -2.38. The molecule has 2 aliphatic rings. The van der Waals surface area contributed by atoms with Crippen LogP contribution in [0.5, 0.6) is 0 Å². The Morgan fingerprint density at radius 3 is 2.46 bits per heavy atom. The summed E-state index contributed by atoms with van der Waals surface area (Å²) in [6.45, 7) is 5.28. The summed E-state index contributed by atoms with van der Waals surface area (Å²) in [5.41, 5.74) is 6.13. The number of aliphatic hydroxyl groups is 1. The Balaban J connectivity index is 1.20. The second-order valence-electron chi connectivity index (χ2n) is 13.0. The fourth-order valence-corrected chi connectivity index (χ4v) is 6.65. The highest BCUT2D eigenvalue weighted by Gasteiger charge is 2.35. The summed E-state index contributed by atoms with van der Waals surface area (Å²) >= 11 is 0. The molecule has 48 heavy (non-hydrogen) atoms. The van der Waals surface area contributed by atoms with E-state index in [1.54, 1.807) is 7.11 Å². The van der Waals surface area contributed by atoms with Crippen molar-refractivity contribution in [3.05, 3.63) is 95.1 Å². The number of nitrogens with zero attached hydrogens (tertiary/aromatic N) is 1. The van der Waals surface area contributed by atoms with Gasteiger partial charge in [0.25, 0.3) is 0 Å². The number of methoxy groups -OCH3 is 1. The lowest BCUT2D eigenvalue weighted by molar-refractivity contribution is -0.253.